The van der Waals surface area contributed by atoms with E-state index < -0.39 is 0 Å². The van der Waals surface area contributed by atoms with E-state index in [0.29, 0.717) is 31.1 Å². The second-order valence-corrected chi connectivity index (χ2v) is 7.13. The molecule has 1 aliphatic carbocycles. The van der Waals surface area contributed by atoms with Gasteiger partial charge < -0.3 is 14.8 Å². The van der Waals surface area contributed by atoms with Crippen LogP contribution in [-0.2, 0) is 4.74 Å². The molecule has 0 radical (unpaired) electrons. The van der Waals surface area contributed by atoms with Gasteiger partial charge in [-0.05, 0) is 61.1 Å². The number of nitrogens with one attached hydrogen (secondary N) is 1. The van der Waals surface area contributed by atoms with Crippen LogP contribution >= 0.6 is 0 Å². The predicted molar refractivity (Wildman–Crippen MR) is 106 cm³/mol. The standard InChI is InChI=1S/C23H27NO2/c1-3-25-13-14-26-17-11-12-22-21(15-17)19-9-6-10-20(19)23(24-22)18-8-5-4-7-16(18)2/h4-9,11-12,15,19-20,23-24H,3,10,13-14H2,1-2H3. The Hall–Kier alpha value is -2.26. The summed E-state index contributed by atoms with van der Waals surface area (Å²) in [5, 5.41) is 3.81. The Morgan fingerprint density at radius 2 is 1.96 bits per heavy atom. The largest absolute Gasteiger partial charge is 0.491 e. The third-order valence-electron chi connectivity index (χ3n) is 5.56. The lowest BCUT2D eigenvalue weighted by Crippen LogP contribution is -2.29. The fourth-order valence-electron chi connectivity index (χ4n) is 4.27. The normalized spacial score (nSPS) is 23.2. The fourth-order valence-corrected chi connectivity index (χ4v) is 4.27. The van der Waals surface area contributed by atoms with E-state index in [0.717, 1.165) is 18.8 Å². The first-order chi connectivity index (χ1) is 12.8. The van der Waals surface area contributed by atoms with Crippen molar-refractivity contribution < 1.29 is 9.47 Å². The van der Waals surface area contributed by atoms with Crippen LogP contribution in [0.5, 0.6) is 5.75 Å². The Labute approximate surface area is 156 Å². The first kappa shape index (κ1) is 17.2. The second kappa shape index (κ2) is 7.55. The summed E-state index contributed by atoms with van der Waals surface area (Å²) in [7, 11) is 0. The summed E-state index contributed by atoms with van der Waals surface area (Å²) in [6, 6.07) is 15.5. The zero-order valence-corrected chi connectivity index (χ0v) is 15.6. The molecule has 3 nitrogen and oxygen atoms in total. The van der Waals surface area contributed by atoms with E-state index in [1.807, 2.05) is 6.92 Å². The summed E-state index contributed by atoms with van der Waals surface area (Å²) in [5.74, 6) is 1.94. The van der Waals surface area contributed by atoms with Gasteiger partial charge in [-0.1, -0.05) is 36.4 Å². The molecule has 0 fully saturated rings. The van der Waals surface area contributed by atoms with Crippen molar-refractivity contribution in [1.82, 2.24) is 0 Å². The molecule has 0 saturated carbocycles. The third-order valence-corrected chi connectivity index (χ3v) is 5.56. The van der Waals surface area contributed by atoms with E-state index in [9.17, 15) is 0 Å². The van der Waals surface area contributed by atoms with Gasteiger partial charge in [-0.3, -0.25) is 0 Å². The van der Waals surface area contributed by atoms with Crippen molar-refractivity contribution in [2.45, 2.75) is 32.2 Å². The van der Waals surface area contributed by atoms with Gasteiger partial charge in [-0.15, -0.1) is 0 Å². The van der Waals surface area contributed by atoms with Crippen molar-refractivity contribution in [3.63, 3.8) is 0 Å². The predicted octanol–water partition coefficient (Wildman–Crippen LogP) is 5.24. The summed E-state index contributed by atoms with van der Waals surface area (Å²) in [5.41, 5.74) is 5.34. The lowest BCUT2D eigenvalue weighted by atomic mass is 9.76. The van der Waals surface area contributed by atoms with Crippen molar-refractivity contribution in [3.8, 4) is 5.75 Å². The molecular weight excluding hydrogens is 322 g/mol. The molecule has 4 rings (SSSR count). The van der Waals surface area contributed by atoms with Crippen LogP contribution < -0.4 is 10.1 Å². The van der Waals surface area contributed by atoms with Crippen LogP contribution in [0.4, 0.5) is 5.69 Å². The number of rotatable bonds is 6. The molecule has 136 valence electrons. The monoisotopic (exact) mass is 349 g/mol. The van der Waals surface area contributed by atoms with Crippen LogP contribution in [0.2, 0.25) is 0 Å². The molecule has 1 aliphatic heterocycles. The summed E-state index contributed by atoms with van der Waals surface area (Å²) in [6.45, 7) is 6.16. The second-order valence-electron chi connectivity index (χ2n) is 7.13. The number of ether oxygens (including phenoxy) is 2. The minimum absolute atomic E-state index is 0.355. The number of hydrogen-bond acceptors (Lipinski definition) is 3. The Morgan fingerprint density at radius 3 is 2.81 bits per heavy atom. The van der Waals surface area contributed by atoms with Crippen molar-refractivity contribution in [2.75, 3.05) is 25.1 Å². The van der Waals surface area contributed by atoms with Gasteiger partial charge in [0.15, 0.2) is 0 Å². The summed E-state index contributed by atoms with van der Waals surface area (Å²) in [6.07, 6.45) is 5.82. The molecule has 0 amide bonds. The van der Waals surface area contributed by atoms with Gasteiger partial charge in [0.25, 0.3) is 0 Å². The van der Waals surface area contributed by atoms with E-state index in [1.165, 1.54) is 22.4 Å². The molecule has 0 spiro atoms. The number of hydrogen-bond donors (Lipinski definition) is 1. The quantitative estimate of drug-likeness (QED) is 0.572. The van der Waals surface area contributed by atoms with E-state index in [-0.39, 0.29) is 0 Å². The van der Waals surface area contributed by atoms with Crippen LogP contribution in [0.3, 0.4) is 0 Å². The smallest absolute Gasteiger partial charge is 0.119 e. The Bertz CT molecular complexity index is 799. The zero-order valence-electron chi connectivity index (χ0n) is 15.6. The number of fused-ring (bicyclic) bond motifs is 3. The SMILES string of the molecule is CCOCCOc1ccc2c(c1)C1C=CCC1C(c1ccccc1C)N2. The molecule has 3 atom stereocenters. The number of allylic oxidation sites excluding steroid dienone is 2. The van der Waals surface area contributed by atoms with Gasteiger partial charge in [-0.25, -0.2) is 0 Å². The number of aryl methyl sites for hydroxylation is 1. The molecule has 2 aromatic rings. The lowest BCUT2D eigenvalue weighted by Gasteiger charge is -2.38. The highest BCUT2D eigenvalue weighted by Gasteiger charge is 2.38. The fraction of sp³-hybridized carbons (Fsp3) is 0.391. The van der Waals surface area contributed by atoms with Crippen LogP contribution in [0, 0.1) is 12.8 Å². The topological polar surface area (TPSA) is 30.5 Å². The highest BCUT2D eigenvalue weighted by atomic mass is 16.5. The minimum atomic E-state index is 0.355. The maximum atomic E-state index is 5.88. The lowest BCUT2D eigenvalue weighted by molar-refractivity contribution is 0.110. The number of anilines is 1. The average Bonchev–Trinajstić information content (AvgIpc) is 3.15. The van der Waals surface area contributed by atoms with Crippen LogP contribution in [0.25, 0.3) is 0 Å². The maximum Gasteiger partial charge on any atom is 0.119 e. The van der Waals surface area contributed by atoms with E-state index in [2.05, 4.69) is 66.9 Å². The average molecular weight is 349 g/mol. The van der Waals surface area contributed by atoms with E-state index in [1.54, 1.807) is 0 Å². The van der Waals surface area contributed by atoms with Gasteiger partial charge in [-0.2, -0.15) is 0 Å². The van der Waals surface area contributed by atoms with Crippen molar-refractivity contribution in [2.24, 2.45) is 5.92 Å². The first-order valence-corrected chi connectivity index (χ1v) is 9.61. The Morgan fingerprint density at radius 1 is 1.08 bits per heavy atom. The molecule has 3 heteroatoms. The van der Waals surface area contributed by atoms with E-state index >= 15 is 0 Å². The Kier molecular flexibility index (Phi) is 4.98. The molecule has 1 heterocycles. The maximum absolute atomic E-state index is 5.88. The van der Waals surface area contributed by atoms with E-state index in [4.69, 9.17) is 9.47 Å². The van der Waals surface area contributed by atoms with Gasteiger partial charge in [0.2, 0.25) is 0 Å². The van der Waals surface area contributed by atoms with Gasteiger partial charge in [0, 0.05) is 18.2 Å². The van der Waals surface area contributed by atoms with Gasteiger partial charge in [0.1, 0.15) is 12.4 Å². The van der Waals surface area contributed by atoms with Crippen LogP contribution in [0.1, 0.15) is 42.0 Å². The summed E-state index contributed by atoms with van der Waals surface area (Å²) >= 11 is 0. The molecule has 2 aromatic carbocycles. The summed E-state index contributed by atoms with van der Waals surface area (Å²) < 4.78 is 11.2. The Balaban J connectivity index is 1.60. The highest BCUT2D eigenvalue weighted by Crippen LogP contribution is 2.50. The summed E-state index contributed by atoms with van der Waals surface area (Å²) in [4.78, 5) is 0. The molecule has 0 aromatic heterocycles. The highest BCUT2D eigenvalue weighted by molar-refractivity contribution is 5.62. The zero-order chi connectivity index (χ0) is 17.9. The van der Waals surface area contributed by atoms with Gasteiger partial charge >= 0.3 is 0 Å². The van der Waals surface area contributed by atoms with Crippen molar-refractivity contribution >= 4 is 5.69 Å². The van der Waals surface area contributed by atoms with Crippen LogP contribution in [-0.4, -0.2) is 19.8 Å². The number of benzene rings is 2. The van der Waals surface area contributed by atoms with Crippen molar-refractivity contribution in [1.29, 1.82) is 0 Å². The van der Waals surface area contributed by atoms with Crippen molar-refractivity contribution in [3.05, 3.63) is 71.3 Å². The molecule has 0 saturated heterocycles. The first-order valence-electron chi connectivity index (χ1n) is 9.61. The molecule has 0 bridgehead atoms. The molecule has 1 N–H and O–H groups in total. The van der Waals surface area contributed by atoms with Gasteiger partial charge in [0.05, 0.1) is 12.6 Å². The molecule has 2 aliphatic rings. The molecule has 26 heavy (non-hydrogen) atoms. The molecule has 3 unspecified atom stereocenters. The minimum Gasteiger partial charge on any atom is -0.491 e. The van der Waals surface area contributed by atoms with Crippen LogP contribution in [0.15, 0.2) is 54.6 Å². The third kappa shape index (κ3) is 3.24. The molecular formula is C23H27NO2.